The topological polar surface area (TPSA) is 20.2 Å². The molecule has 1 N–H and O–H groups in total. The van der Waals surface area contributed by atoms with E-state index in [0.29, 0.717) is 5.41 Å². The van der Waals surface area contributed by atoms with Crippen molar-refractivity contribution >= 4 is 0 Å². The highest BCUT2D eigenvalue weighted by Gasteiger charge is 2.43. The maximum atomic E-state index is 9.68. The monoisotopic (exact) mass is 140 g/mol. The van der Waals surface area contributed by atoms with Crippen LogP contribution in [0.3, 0.4) is 0 Å². The van der Waals surface area contributed by atoms with E-state index >= 15 is 0 Å². The van der Waals surface area contributed by atoms with Gasteiger partial charge in [0.15, 0.2) is 0 Å². The molecule has 1 atom stereocenters. The minimum absolute atomic E-state index is 0.0509. The summed E-state index contributed by atoms with van der Waals surface area (Å²) in [4.78, 5) is 0. The lowest BCUT2D eigenvalue weighted by molar-refractivity contribution is 0.0577. The molecule has 2 fully saturated rings. The molecule has 1 nitrogen and oxygen atoms in total. The summed E-state index contributed by atoms with van der Waals surface area (Å²) in [5, 5.41) is 9.68. The molecule has 0 amide bonds. The minimum Gasteiger partial charge on any atom is -0.393 e. The SMILES string of the molecule is O[C@H]1CCCC12CCCC2. The second-order valence-corrected chi connectivity index (χ2v) is 3.98. The van der Waals surface area contributed by atoms with E-state index in [4.69, 9.17) is 0 Å². The predicted octanol–water partition coefficient (Wildman–Crippen LogP) is 2.09. The van der Waals surface area contributed by atoms with Crippen LogP contribution in [0.1, 0.15) is 44.9 Å². The summed E-state index contributed by atoms with van der Waals surface area (Å²) in [5.74, 6) is 0. The molecule has 0 radical (unpaired) electrons. The Kier molecular flexibility index (Phi) is 1.48. The lowest BCUT2D eigenvalue weighted by atomic mass is 9.83. The molecule has 2 rings (SSSR count). The Bertz CT molecular complexity index is 119. The Labute approximate surface area is 62.4 Å². The molecule has 0 saturated heterocycles. The van der Waals surface area contributed by atoms with Gasteiger partial charge < -0.3 is 5.11 Å². The Balaban J connectivity index is 2.11. The first-order valence-electron chi connectivity index (χ1n) is 4.52. The van der Waals surface area contributed by atoms with Gasteiger partial charge in [-0.2, -0.15) is 0 Å². The maximum Gasteiger partial charge on any atom is 0.0596 e. The molecule has 10 heavy (non-hydrogen) atoms. The molecule has 2 aliphatic rings. The third-order valence-corrected chi connectivity index (χ3v) is 3.46. The van der Waals surface area contributed by atoms with Crippen molar-refractivity contribution in [2.24, 2.45) is 5.41 Å². The minimum atomic E-state index is 0.0509. The Morgan fingerprint density at radius 1 is 1.00 bits per heavy atom. The van der Waals surface area contributed by atoms with Crippen LogP contribution in [0, 0.1) is 5.41 Å². The summed E-state index contributed by atoms with van der Waals surface area (Å²) in [6, 6.07) is 0. The molecule has 0 unspecified atom stereocenters. The fourth-order valence-electron chi connectivity index (χ4n) is 2.78. The van der Waals surface area contributed by atoms with E-state index in [1.165, 1.54) is 38.5 Å². The van der Waals surface area contributed by atoms with Gasteiger partial charge in [-0.05, 0) is 31.1 Å². The summed E-state index contributed by atoms with van der Waals surface area (Å²) in [5.41, 5.74) is 0.403. The highest BCUT2D eigenvalue weighted by molar-refractivity contribution is 4.94. The molecular weight excluding hydrogens is 124 g/mol. The second kappa shape index (κ2) is 2.23. The van der Waals surface area contributed by atoms with Gasteiger partial charge >= 0.3 is 0 Å². The van der Waals surface area contributed by atoms with Gasteiger partial charge in [0.2, 0.25) is 0 Å². The molecule has 0 heterocycles. The van der Waals surface area contributed by atoms with Crippen molar-refractivity contribution < 1.29 is 5.11 Å². The lowest BCUT2D eigenvalue weighted by Gasteiger charge is -2.26. The maximum absolute atomic E-state index is 9.68. The van der Waals surface area contributed by atoms with Crippen molar-refractivity contribution in [3.8, 4) is 0 Å². The van der Waals surface area contributed by atoms with Crippen LogP contribution in [0.25, 0.3) is 0 Å². The van der Waals surface area contributed by atoms with Gasteiger partial charge in [0, 0.05) is 0 Å². The summed E-state index contributed by atoms with van der Waals surface area (Å²) in [6.07, 6.45) is 9.00. The van der Waals surface area contributed by atoms with Crippen LogP contribution >= 0.6 is 0 Å². The van der Waals surface area contributed by atoms with Crippen LogP contribution in [0.2, 0.25) is 0 Å². The molecule has 58 valence electrons. The second-order valence-electron chi connectivity index (χ2n) is 3.98. The Morgan fingerprint density at radius 2 is 1.60 bits per heavy atom. The smallest absolute Gasteiger partial charge is 0.0596 e. The van der Waals surface area contributed by atoms with Crippen molar-refractivity contribution in [2.45, 2.75) is 51.0 Å². The van der Waals surface area contributed by atoms with Gasteiger partial charge in [0.1, 0.15) is 0 Å². The van der Waals surface area contributed by atoms with Crippen molar-refractivity contribution in [3.63, 3.8) is 0 Å². The highest BCUT2D eigenvalue weighted by atomic mass is 16.3. The normalized spacial score (nSPS) is 37.5. The average Bonchev–Trinajstić information content (AvgIpc) is 2.48. The summed E-state index contributed by atoms with van der Waals surface area (Å²) >= 11 is 0. The van der Waals surface area contributed by atoms with Gasteiger partial charge in [0.05, 0.1) is 6.10 Å². The van der Waals surface area contributed by atoms with E-state index < -0.39 is 0 Å². The van der Waals surface area contributed by atoms with E-state index in [1.54, 1.807) is 0 Å². The first kappa shape index (κ1) is 6.66. The fourth-order valence-corrected chi connectivity index (χ4v) is 2.78. The Hall–Kier alpha value is -0.0400. The molecule has 2 saturated carbocycles. The molecule has 2 aliphatic carbocycles. The van der Waals surface area contributed by atoms with E-state index in [1.807, 2.05) is 0 Å². The molecule has 1 spiro atoms. The summed E-state index contributed by atoms with van der Waals surface area (Å²) in [6.45, 7) is 0. The van der Waals surface area contributed by atoms with E-state index in [-0.39, 0.29) is 6.10 Å². The number of rotatable bonds is 0. The van der Waals surface area contributed by atoms with Gasteiger partial charge in [-0.3, -0.25) is 0 Å². The number of hydrogen-bond donors (Lipinski definition) is 1. The van der Waals surface area contributed by atoms with Crippen molar-refractivity contribution in [1.82, 2.24) is 0 Å². The van der Waals surface area contributed by atoms with Crippen LogP contribution in [0.4, 0.5) is 0 Å². The van der Waals surface area contributed by atoms with E-state index in [0.717, 1.165) is 6.42 Å². The zero-order valence-electron chi connectivity index (χ0n) is 6.47. The Morgan fingerprint density at radius 3 is 2.10 bits per heavy atom. The van der Waals surface area contributed by atoms with Crippen LogP contribution in [-0.2, 0) is 0 Å². The zero-order chi connectivity index (χ0) is 7.03. The molecule has 0 aromatic heterocycles. The third-order valence-electron chi connectivity index (χ3n) is 3.46. The predicted molar refractivity (Wildman–Crippen MR) is 40.8 cm³/mol. The first-order valence-corrected chi connectivity index (χ1v) is 4.52. The molecule has 0 aromatic carbocycles. The van der Waals surface area contributed by atoms with Gasteiger partial charge in [0.25, 0.3) is 0 Å². The van der Waals surface area contributed by atoms with Crippen molar-refractivity contribution in [2.75, 3.05) is 0 Å². The van der Waals surface area contributed by atoms with Crippen molar-refractivity contribution in [3.05, 3.63) is 0 Å². The number of aliphatic hydroxyl groups excluding tert-OH is 1. The lowest BCUT2D eigenvalue weighted by Crippen LogP contribution is -2.25. The van der Waals surface area contributed by atoms with Gasteiger partial charge in [-0.25, -0.2) is 0 Å². The third kappa shape index (κ3) is 0.800. The summed E-state index contributed by atoms with van der Waals surface area (Å²) < 4.78 is 0. The first-order chi connectivity index (χ1) is 4.83. The highest BCUT2D eigenvalue weighted by Crippen LogP contribution is 2.50. The molecule has 0 bridgehead atoms. The fraction of sp³-hybridized carbons (Fsp3) is 1.00. The molecular formula is C9H16O. The van der Waals surface area contributed by atoms with Gasteiger partial charge in [-0.15, -0.1) is 0 Å². The number of aliphatic hydroxyl groups is 1. The van der Waals surface area contributed by atoms with Crippen LogP contribution < -0.4 is 0 Å². The van der Waals surface area contributed by atoms with E-state index in [9.17, 15) is 5.11 Å². The van der Waals surface area contributed by atoms with Crippen LogP contribution in [0.5, 0.6) is 0 Å². The number of hydrogen-bond acceptors (Lipinski definition) is 1. The zero-order valence-corrected chi connectivity index (χ0v) is 6.47. The standard InChI is InChI=1S/C9H16O/c10-8-4-3-7-9(8)5-1-2-6-9/h8,10H,1-7H2/t8-/m0/s1. The van der Waals surface area contributed by atoms with E-state index in [2.05, 4.69) is 0 Å². The molecule has 1 heteroatoms. The molecule has 0 aromatic rings. The van der Waals surface area contributed by atoms with Crippen LogP contribution in [0.15, 0.2) is 0 Å². The summed E-state index contributed by atoms with van der Waals surface area (Å²) in [7, 11) is 0. The van der Waals surface area contributed by atoms with Crippen molar-refractivity contribution in [1.29, 1.82) is 0 Å². The molecule has 0 aliphatic heterocycles. The quantitative estimate of drug-likeness (QED) is 0.546. The van der Waals surface area contributed by atoms with Crippen LogP contribution in [-0.4, -0.2) is 11.2 Å². The largest absolute Gasteiger partial charge is 0.393 e. The van der Waals surface area contributed by atoms with Gasteiger partial charge in [-0.1, -0.05) is 19.3 Å². The average molecular weight is 140 g/mol.